The van der Waals surface area contributed by atoms with Gasteiger partial charge in [-0.3, -0.25) is 9.79 Å². The van der Waals surface area contributed by atoms with Gasteiger partial charge in [0.2, 0.25) is 0 Å². The summed E-state index contributed by atoms with van der Waals surface area (Å²) in [5, 5.41) is 3.40. The average Bonchev–Trinajstić information content (AvgIpc) is 3.34. The number of likely N-dealkylation sites (tertiary alicyclic amines) is 1. The third-order valence-corrected chi connectivity index (χ3v) is 5.97. The van der Waals surface area contributed by atoms with Crippen LogP contribution >= 0.6 is 24.0 Å². The Kier molecular flexibility index (Phi) is 9.50. The van der Waals surface area contributed by atoms with Crippen LogP contribution in [0, 0.1) is 0 Å². The smallest absolute Gasteiger partial charge is 0.253 e. The van der Waals surface area contributed by atoms with Gasteiger partial charge >= 0.3 is 0 Å². The van der Waals surface area contributed by atoms with Crippen molar-refractivity contribution in [2.75, 3.05) is 27.2 Å². The van der Waals surface area contributed by atoms with Crippen LogP contribution < -0.4 is 5.32 Å². The lowest BCUT2D eigenvalue weighted by Crippen LogP contribution is -2.38. The molecule has 2 aromatic carbocycles. The number of aromatic amines is 1. The molecule has 0 aliphatic carbocycles. The number of aliphatic imine (C=N–C) groups is 1. The second-order valence-electron chi connectivity index (χ2n) is 8.42. The van der Waals surface area contributed by atoms with Crippen molar-refractivity contribution in [2.24, 2.45) is 4.99 Å². The highest BCUT2D eigenvalue weighted by Crippen LogP contribution is 2.17. The fourth-order valence-corrected chi connectivity index (χ4v) is 4.12. The maximum Gasteiger partial charge on any atom is 0.253 e. The van der Waals surface area contributed by atoms with E-state index in [0.29, 0.717) is 13.1 Å². The number of hydrogen-bond donors (Lipinski definition) is 2. The zero-order chi connectivity index (χ0) is 23.0. The summed E-state index contributed by atoms with van der Waals surface area (Å²) < 4.78 is 0. The molecule has 180 valence electrons. The lowest BCUT2D eigenvalue weighted by molar-refractivity contribution is 0.0724. The summed E-state index contributed by atoms with van der Waals surface area (Å²) in [5.74, 6) is 1.79. The minimum atomic E-state index is 0. The van der Waals surface area contributed by atoms with Gasteiger partial charge in [-0.05, 0) is 42.5 Å². The predicted octanol–water partition coefficient (Wildman–Crippen LogP) is 4.53. The summed E-state index contributed by atoms with van der Waals surface area (Å²) in [4.78, 5) is 28.9. The molecule has 2 heterocycles. The van der Waals surface area contributed by atoms with Crippen molar-refractivity contribution < 1.29 is 4.79 Å². The molecule has 0 saturated carbocycles. The van der Waals surface area contributed by atoms with E-state index in [2.05, 4.69) is 32.4 Å². The highest BCUT2D eigenvalue weighted by atomic mass is 127. The molecule has 0 atom stereocenters. The van der Waals surface area contributed by atoms with Crippen molar-refractivity contribution in [3.05, 3.63) is 77.7 Å². The Morgan fingerprint density at radius 3 is 2.47 bits per heavy atom. The summed E-state index contributed by atoms with van der Waals surface area (Å²) in [6.45, 7) is 2.97. The molecular weight excluding hydrogens is 539 g/mol. The molecule has 1 saturated heterocycles. The normalized spacial score (nSPS) is 13.8. The number of hydrogen-bond acceptors (Lipinski definition) is 3. The van der Waals surface area contributed by atoms with Crippen molar-refractivity contribution in [1.82, 2.24) is 25.1 Å². The largest absolute Gasteiger partial charge is 0.352 e. The Bertz CT molecular complexity index is 1070. The molecule has 0 unspecified atom stereocenters. The van der Waals surface area contributed by atoms with Gasteiger partial charge in [0, 0.05) is 39.3 Å². The summed E-state index contributed by atoms with van der Waals surface area (Å²) in [7, 11) is 3.76. The SMILES string of the molecule is CN=C(NCc1ccc(C(=O)N2CCCCC2)cc1)N(C)Cc1ncc(-c2ccccc2)[nH]1.I. The number of nitrogens with one attached hydrogen (secondary N) is 2. The summed E-state index contributed by atoms with van der Waals surface area (Å²) >= 11 is 0. The molecule has 8 heteroatoms. The first-order chi connectivity index (χ1) is 16.1. The molecule has 34 heavy (non-hydrogen) atoms. The van der Waals surface area contributed by atoms with Gasteiger partial charge in [-0.2, -0.15) is 0 Å². The van der Waals surface area contributed by atoms with E-state index in [1.165, 1.54) is 6.42 Å². The van der Waals surface area contributed by atoms with Crippen LogP contribution in [0.25, 0.3) is 11.3 Å². The van der Waals surface area contributed by atoms with Crippen molar-refractivity contribution in [3.8, 4) is 11.3 Å². The second kappa shape index (κ2) is 12.5. The Labute approximate surface area is 218 Å². The molecule has 0 radical (unpaired) electrons. The molecule has 1 aromatic heterocycles. The van der Waals surface area contributed by atoms with Gasteiger partial charge in [0.25, 0.3) is 5.91 Å². The molecule has 7 nitrogen and oxygen atoms in total. The van der Waals surface area contributed by atoms with Gasteiger partial charge in [-0.25, -0.2) is 4.98 Å². The Morgan fingerprint density at radius 1 is 1.09 bits per heavy atom. The maximum atomic E-state index is 12.7. The van der Waals surface area contributed by atoms with Crippen molar-refractivity contribution in [1.29, 1.82) is 0 Å². The number of piperidine rings is 1. The number of guanidine groups is 1. The molecule has 2 N–H and O–H groups in total. The third kappa shape index (κ3) is 6.59. The van der Waals surface area contributed by atoms with Crippen molar-refractivity contribution in [3.63, 3.8) is 0 Å². The van der Waals surface area contributed by atoms with Crippen LogP contribution in [-0.4, -0.2) is 58.8 Å². The molecular formula is C26H33IN6O. The summed E-state index contributed by atoms with van der Waals surface area (Å²) in [5.41, 5.74) is 3.98. The van der Waals surface area contributed by atoms with Gasteiger partial charge < -0.3 is 20.1 Å². The number of carbonyl (C=O) groups excluding carboxylic acids is 1. The van der Waals surface area contributed by atoms with E-state index in [-0.39, 0.29) is 29.9 Å². The van der Waals surface area contributed by atoms with E-state index in [0.717, 1.165) is 60.1 Å². The quantitative estimate of drug-likeness (QED) is 0.259. The van der Waals surface area contributed by atoms with E-state index in [1.54, 1.807) is 7.05 Å². The molecule has 0 spiro atoms. The molecule has 1 fully saturated rings. The van der Waals surface area contributed by atoms with Gasteiger partial charge in [0.15, 0.2) is 5.96 Å². The lowest BCUT2D eigenvalue weighted by atomic mass is 10.1. The molecule has 1 aliphatic rings. The number of amides is 1. The molecule has 0 bridgehead atoms. The van der Waals surface area contributed by atoms with Crippen molar-refractivity contribution >= 4 is 35.8 Å². The van der Waals surface area contributed by atoms with Crippen LogP contribution in [0.3, 0.4) is 0 Å². The van der Waals surface area contributed by atoms with Crippen LogP contribution in [0.1, 0.15) is 41.0 Å². The third-order valence-electron chi connectivity index (χ3n) is 5.97. The van der Waals surface area contributed by atoms with E-state index < -0.39 is 0 Å². The zero-order valence-electron chi connectivity index (χ0n) is 19.8. The number of imidazole rings is 1. The van der Waals surface area contributed by atoms with Crippen LogP contribution in [0.15, 0.2) is 65.8 Å². The number of benzene rings is 2. The highest BCUT2D eigenvalue weighted by Gasteiger charge is 2.18. The fraction of sp³-hybridized carbons (Fsp3) is 0.346. The van der Waals surface area contributed by atoms with Gasteiger partial charge in [0.05, 0.1) is 18.4 Å². The number of halogens is 1. The summed E-state index contributed by atoms with van der Waals surface area (Å²) in [6, 6.07) is 18.0. The molecule has 1 aliphatic heterocycles. The van der Waals surface area contributed by atoms with Crippen LogP contribution in [0.5, 0.6) is 0 Å². The number of rotatable bonds is 6. The molecule has 1 amide bonds. The first-order valence-electron chi connectivity index (χ1n) is 11.5. The fourth-order valence-electron chi connectivity index (χ4n) is 4.12. The summed E-state index contributed by atoms with van der Waals surface area (Å²) in [6.07, 6.45) is 5.29. The number of aromatic nitrogens is 2. The minimum absolute atomic E-state index is 0. The Balaban J connectivity index is 0.00000324. The average molecular weight is 572 g/mol. The van der Waals surface area contributed by atoms with Crippen molar-refractivity contribution in [2.45, 2.75) is 32.4 Å². The Morgan fingerprint density at radius 2 is 1.79 bits per heavy atom. The minimum Gasteiger partial charge on any atom is -0.352 e. The van der Waals surface area contributed by atoms with E-state index in [4.69, 9.17) is 0 Å². The number of carbonyl (C=O) groups is 1. The first kappa shape index (κ1) is 25.7. The van der Waals surface area contributed by atoms with Gasteiger partial charge in [0.1, 0.15) is 5.82 Å². The lowest BCUT2D eigenvalue weighted by Gasteiger charge is -2.26. The standard InChI is InChI=1S/C26H32N6O.HI/c1-27-26(31(2)19-24-28-18-23(30-24)21-9-5-3-6-10-21)29-17-20-11-13-22(14-12-20)25(33)32-15-7-4-8-16-32;/h3,5-6,9-14,18H,4,7-8,15-17,19H2,1-2H3,(H,27,29)(H,28,30);1H. The van der Waals surface area contributed by atoms with Gasteiger partial charge in [-0.15, -0.1) is 24.0 Å². The van der Waals surface area contributed by atoms with Crippen LogP contribution in [0.4, 0.5) is 0 Å². The zero-order valence-corrected chi connectivity index (χ0v) is 22.2. The van der Waals surface area contributed by atoms with E-state index in [9.17, 15) is 4.79 Å². The van der Waals surface area contributed by atoms with Gasteiger partial charge in [-0.1, -0.05) is 42.5 Å². The van der Waals surface area contributed by atoms with E-state index in [1.807, 2.05) is 65.5 Å². The topological polar surface area (TPSA) is 76.6 Å². The predicted molar refractivity (Wildman–Crippen MR) is 147 cm³/mol. The number of nitrogens with zero attached hydrogens (tertiary/aromatic N) is 4. The highest BCUT2D eigenvalue weighted by molar-refractivity contribution is 14.0. The van der Waals surface area contributed by atoms with Crippen LogP contribution in [0.2, 0.25) is 0 Å². The monoisotopic (exact) mass is 572 g/mol. The second-order valence-corrected chi connectivity index (χ2v) is 8.42. The molecule has 4 rings (SSSR count). The molecule has 3 aromatic rings. The maximum absolute atomic E-state index is 12.7. The van der Waals surface area contributed by atoms with Crippen LogP contribution in [-0.2, 0) is 13.1 Å². The number of H-pyrrole nitrogens is 1. The first-order valence-corrected chi connectivity index (χ1v) is 11.5. The Hall–Kier alpha value is -2.88. The van der Waals surface area contributed by atoms with E-state index >= 15 is 0 Å².